The Morgan fingerprint density at radius 1 is 1.47 bits per heavy atom. The summed E-state index contributed by atoms with van der Waals surface area (Å²) in [5, 5.41) is 0. The molecule has 1 atom stereocenters. The minimum atomic E-state index is 0.587. The Kier molecular flexibility index (Phi) is 4.21. The number of piperidine rings is 1. The zero-order valence-corrected chi connectivity index (χ0v) is 11.7. The van der Waals surface area contributed by atoms with Gasteiger partial charge in [0.1, 0.15) is 0 Å². The second kappa shape index (κ2) is 5.67. The molecular weight excluding hydrogens is 278 g/mol. The van der Waals surface area contributed by atoms with Gasteiger partial charge < -0.3 is 4.90 Å². The molecule has 3 heteroatoms. The number of carbonyl (C=O) groups is 1. The molecule has 1 aliphatic heterocycles. The molecule has 0 aromatic heterocycles. The minimum absolute atomic E-state index is 0.587. The lowest BCUT2D eigenvalue weighted by atomic mass is 9.98. The predicted molar refractivity (Wildman–Crippen MR) is 74.8 cm³/mol. The van der Waals surface area contributed by atoms with Crippen molar-refractivity contribution in [2.75, 3.05) is 11.4 Å². The van der Waals surface area contributed by atoms with Gasteiger partial charge in [0.2, 0.25) is 0 Å². The van der Waals surface area contributed by atoms with E-state index in [4.69, 9.17) is 0 Å². The number of nitrogens with zero attached hydrogens (tertiary/aromatic N) is 1. The van der Waals surface area contributed by atoms with Gasteiger partial charge in [0, 0.05) is 28.3 Å². The molecule has 1 aromatic rings. The summed E-state index contributed by atoms with van der Waals surface area (Å²) < 4.78 is 0.966. The van der Waals surface area contributed by atoms with Crippen LogP contribution in [0.1, 0.15) is 43.0 Å². The molecule has 1 heterocycles. The Bertz CT molecular complexity index is 405. The van der Waals surface area contributed by atoms with E-state index in [1.165, 1.54) is 19.3 Å². The van der Waals surface area contributed by atoms with Crippen LogP contribution in [-0.2, 0) is 0 Å². The fourth-order valence-corrected chi connectivity index (χ4v) is 3.00. The average molecular weight is 296 g/mol. The molecule has 0 bridgehead atoms. The third-order valence-electron chi connectivity index (χ3n) is 3.52. The molecular formula is C14H18BrNO. The Labute approximate surface area is 111 Å². The van der Waals surface area contributed by atoms with E-state index in [2.05, 4.69) is 33.8 Å². The maximum Gasteiger partial charge on any atom is 0.152 e. The summed E-state index contributed by atoms with van der Waals surface area (Å²) >= 11 is 3.42. The zero-order valence-electron chi connectivity index (χ0n) is 10.2. The van der Waals surface area contributed by atoms with Crippen LogP contribution in [0.25, 0.3) is 0 Å². The van der Waals surface area contributed by atoms with Gasteiger partial charge >= 0.3 is 0 Å². The number of halogens is 1. The van der Waals surface area contributed by atoms with E-state index in [1.54, 1.807) is 0 Å². The fraction of sp³-hybridized carbons (Fsp3) is 0.500. The fourth-order valence-electron chi connectivity index (χ4n) is 2.62. The molecule has 0 aliphatic carbocycles. The molecule has 1 saturated heterocycles. The Hall–Kier alpha value is -0.830. The molecule has 0 N–H and O–H groups in total. The highest BCUT2D eigenvalue weighted by Crippen LogP contribution is 2.30. The first-order valence-electron chi connectivity index (χ1n) is 6.27. The van der Waals surface area contributed by atoms with E-state index in [9.17, 15) is 4.79 Å². The van der Waals surface area contributed by atoms with Crippen molar-refractivity contribution in [3.63, 3.8) is 0 Å². The second-order valence-electron chi connectivity index (χ2n) is 4.57. The summed E-state index contributed by atoms with van der Waals surface area (Å²) in [7, 11) is 0. The largest absolute Gasteiger partial charge is 0.368 e. The van der Waals surface area contributed by atoms with Gasteiger partial charge in [-0.25, -0.2) is 0 Å². The maximum absolute atomic E-state index is 11.2. The standard InChI is InChI=1S/C14H18BrNO/c1-2-13-5-3-4-8-16(13)14-7-6-12(15)9-11(14)10-17/h6-7,9-10,13H,2-5,8H2,1H3/t13-/m1/s1. The van der Waals surface area contributed by atoms with Crippen LogP contribution >= 0.6 is 15.9 Å². The summed E-state index contributed by atoms with van der Waals surface area (Å²) in [5.74, 6) is 0. The number of carbonyl (C=O) groups excluding carboxylic acids is 1. The number of rotatable bonds is 3. The van der Waals surface area contributed by atoms with Crippen LogP contribution in [0.15, 0.2) is 22.7 Å². The Balaban J connectivity index is 2.34. The molecule has 0 spiro atoms. The van der Waals surface area contributed by atoms with Crippen molar-refractivity contribution in [3.8, 4) is 0 Å². The summed E-state index contributed by atoms with van der Waals surface area (Å²) in [6, 6.07) is 6.57. The Morgan fingerprint density at radius 3 is 3.00 bits per heavy atom. The van der Waals surface area contributed by atoms with Crippen molar-refractivity contribution < 1.29 is 4.79 Å². The Morgan fingerprint density at radius 2 is 2.29 bits per heavy atom. The molecule has 92 valence electrons. The van der Waals surface area contributed by atoms with Gasteiger partial charge in [0.15, 0.2) is 6.29 Å². The smallest absolute Gasteiger partial charge is 0.152 e. The lowest BCUT2D eigenvalue weighted by Crippen LogP contribution is -2.39. The van der Waals surface area contributed by atoms with Crippen LogP contribution in [-0.4, -0.2) is 18.9 Å². The van der Waals surface area contributed by atoms with E-state index in [0.29, 0.717) is 6.04 Å². The number of aldehydes is 1. The molecule has 2 rings (SSSR count). The van der Waals surface area contributed by atoms with E-state index < -0.39 is 0 Å². The van der Waals surface area contributed by atoms with Crippen LogP contribution < -0.4 is 4.90 Å². The molecule has 1 aromatic carbocycles. The molecule has 0 amide bonds. The summed E-state index contributed by atoms with van der Waals surface area (Å²) in [5.41, 5.74) is 1.88. The number of anilines is 1. The quantitative estimate of drug-likeness (QED) is 0.785. The van der Waals surface area contributed by atoms with Crippen molar-refractivity contribution in [1.82, 2.24) is 0 Å². The predicted octanol–water partition coefficient (Wildman–Crippen LogP) is 4.03. The first-order valence-corrected chi connectivity index (χ1v) is 7.07. The number of hydrogen-bond acceptors (Lipinski definition) is 2. The number of hydrogen-bond donors (Lipinski definition) is 0. The van der Waals surface area contributed by atoms with Crippen molar-refractivity contribution in [2.45, 2.75) is 38.6 Å². The van der Waals surface area contributed by atoms with Gasteiger partial charge in [0.05, 0.1) is 0 Å². The van der Waals surface area contributed by atoms with Crippen molar-refractivity contribution in [3.05, 3.63) is 28.2 Å². The average Bonchev–Trinajstić information content (AvgIpc) is 2.38. The molecule has 2 nitrogen and oxygen atoms in total. The van der Waals surface area contributed by atoms with Crippen molar-refractivity contribution >= 4 is 27.9 Å². The maximum atomic E-state index is 11.2. The highest BCUT2D eigenvalue weighted by atomic mass is 79.9. The van der Waals surface area contributed by atoms with E-state index >= 15 is 0 Å². The molecule has 0 saturated carbocycles. The number of benzene rings is 1. The molecule has 1 aliphatic rings. The highest BCUT2D eigenvalue weighted by Gasteiger charge is 2.22. The first kappa shape index (κ1) is 12.6. The third kappa shape index (κ3) is 2.71. The van der Waals surface area contributed by atoms with E-state index in [-0.39, 0.29) is 0 Å². The molecule has 1 fully saturated rings. The van der Waals surface area contributed by atoms with Gasteiger partial charge in [-0.05, 0) is 43.9 Å². The van der Waals surface area contributed by atoms with Crippen molar-refractivity contribution in [2.24, 2.45) is 0 Å². The van der Waals surface area contributed by atoms with Crippen LogP contribution in [0.2, 0.25) is 0 Å². The highest BCUT2D eigenvalue weighted by molar-refractivity contribution is 9.10. The van der Waals surface area contributed by atoms with Gasteiger partial charge in [-0.3, -0.25) is 4.79 Å². The van der Waals surface area contributed by atoms with Gasteiger partial charge in [-0.1, -0.05) is 22.9 Å². The van der Waals surface area contributed by atoms with E-state index in [0.717, 1.165) is 35.0 Å². The van der Waals surface area contributed by atoms with Crippen LogP contribution in [0.3, 0.4) is 0 Å². The molecule has 0 radical (unpaired) electrons. The van der Waals surface area contributed by atoms with Crippen LogP contribution in [0.5, 0.6) is 0 Å². The van der Waals surface area contributed by atoms with Gasteiger partial charge in [0.25, 0.3) is 0 Å². The summed E-state index contributed by atoms with van der Waals surface area (Å²) in [6.07, 6.45) is 5.88. The second-order valence-corrected chi connectivity index (χ2v) is 5.49. The summed E-state index contributed by atoms with van der Waals surface area (Å²) in [4.78, 5) is 13.6. The van der Waals surface area contributed by atoms with Gasteiger partial charge in [-0.15, -0.1) is 0 Å². The van der Waals surface area contributed by atoms with Crippen LogP contribution in [0.4, 0.5) is 5.69 Å². The van der Waals surface area contributed by atoms with Gasteiger partial charge in [-0.2, -0.15) is 0 Å². The monoisotopic (exact) mass is 295 g/mol. The lowest BCUT2D eigenvalue weighted by molar-refractivity contribution is 0.112. The van der Waals surface area contributed by atoms with Crippen LogP contribution in [0, 0.1) is 0 Å². The SMILES string of the molecule is CC[C@@H]1CCCCN1c1ccc(Br)cc1C=O. The lowest BCUT2D eigenvalue weighted by Gasteiger charge is -2.37. The first-order chi connectivity index (χ1) is 8.26. The molecule has 0 unspecified atom stereocenters. The van der Waals surface area contributed by atoms with E-state index in [1.807, 2.05) is 12.1 Å². The summed E-state index contributed by atoms with van der Waals surface area (Å²) in [6.45, 7) is 3.30. The minimum Gasteiger partial charge on any atom is -0.368 e. The topological polar surface area (TPSA) is 20.3 Å². The normalized spacial score (nSPS) is 20.4. The zero-order chi connectivity index (χ0) is 12.3. The van der Waals surface area contributed by atoms with Crippen molar-refractivity contribution in [1.29, 1.82) is 0 Å². The molecule has 17 heavy (non-hydrogen) atoms. The third-order valence-corrected chi connectivity index (χ3v) is 4.02.